The van der Waals surface area contributed by atoms with Gasteiger partial charge in [-0.2, -0.15) is 0 Å². The van der Waals surface area contributed by atoms with Crippen LogP contribution in [0.15, 0.2) is 23.1 Å². The molecule has 0 aromatic heterocycles. The molecule has 0 radical (unpaired) electrons. The Morgan fingerprint density at radius 1 is 1.48 bits per heavy atom. The SMILES string of the molecule is CNc1ccc(C(=O)O)cc1S(=O)(=O)NC[C@@H]1CCCO1. The highest BCUT2D eigenvalue weighted by Gasteiger charge is 2.23. The van der Waals surface area contributed by atoms with Crippen molar-refractivity contribution >= 4 is 21.7 Å². The van der Waals surface area contributed by atoms with Gasteiger partial charge in [0.25, 0.3) is 0 Å². The molecule has 0 spiro atoms. The first-order valence-electron chi connectivity index (χ1n) is 6.60. The predicted molar refractivity (Wildman–Crippen MR) is 77.1 cm³/mol. The van der Waals surface area contributed by atoms with E-state index in [0.717, 1.165) is 18.9 Å². The van der Waals surface area contributed by atoms with Crippen molar-refractivity contribution in [2.75, 3.05) is 25.5 Å². The van der Waals surface area contributed by atoms with Gasteiger partial charge in [0, 0.05) is 20.2 Å². The molecule has 1 heterocycles. The maximum absolute atomic E-state index is 12.3. The molecule has 7 nitrogen and oxygen atoms in total. The summed E-state index contributed by atoms with van der Waals surface area (Å²) >= 11 is 0. The summed E-state index contributed by atoms with van der Waals surface area (Å²) in [4.78, 5) is 10.9. The first kappa shape index (κ1) is 15.7. The van der Waals surface area contributed by atoms with Crippen molar-refractivity contribution in [3.05, 3.63) is 23.8 Å². The number of anilines is 1. The lowest BCUT2D eigenvalue weighted by Crippen LogP contribution is -2.32. The van der Waals surface area contributed by atoms with Crippen LogP contribution in [-0.2, 0) is 14.8 Å². The molecule has 1 fully saturated rings. The highest BCUT2D eigenvalue weighted by atomic mass is 32.2. The standard InChI is InChI=1S/C13H18N2O5S/c1-14-11-5-4-9(13(16)17)7-12(11)21(18,19)15-8-10-3-2-6-20-10/h4-5,7,10,14-15H,2-3,6,8H2,1H3,(H,16,17)/t10-/m0/s1. The Morgan fingerprint density at radius 2 is 2.24 bits per heavy atom. The highest BCUT2D eigenvalue weighted by Crippen LogP contribution is 2.23. The Hall–Kier alpha value is -1.64. The number of hydrogen-bond acceptors (Lipinski definition) is 5. The first-order valence-corrected chi connectivity index (χ1v) is 8.08. The minimum atomic E-state index is -3.80. The summed E-state index contributed by atoms with van der Waals surface area (Å²) in [7, 11) is -2.22. The van der Waals surface area contributed by atoms with E-state index in [1.54, 1.807) is 7.05 Å². The van der Waals surface area contributed by atoms with E-state index in [4.69, 9.17) is 9.84 Å². The number of carboxylic acids is 1. The second kappa shape index (κ2) is 6.42. The number of rotatable bonds is 6. The van der Waals surface area contributed by atoms with Crippen LogP contribution in [-0.4, -0.2) is 45.8 Å². The summed E-state index contributed by atoms with van der Waals surface area (Å²) < 4.78 is 32.5. The Balaban J connectivity index is 2.24. The van der Waals surface area contributed by atoms with E-state index in [2.05, 4.69) is 10.0 Å². The quantitative estimate of drug-likeness (QED) is 0.720. The molecule has 1 aromatic rings. The molecule has 116 valence electrons. The topological polar surface area (TPSA) is 105 Å². The summed E-state index contributed by atoms with van der Waals surface area (Å²) in [6.45, 7) is 0.825. The van der Waals surface area contributed by atoms with Gasteiger partial charge in [0.15, 0.2) is 0 Å². The van der Waals surface area contributed by atoms with Gasteiger partial charge in [-0.05, 0) is 31.0 Å². The molecule has 21 heavy (non-hydrogen) atoms. The van der Waals surface area contributed by atoms with Gasteiger partial charge >= 0.3 is 5.97 Å². The molecule has 1 aliphatic rings. The van der Waals surface area contributed by atoms with Crippen LogP contribution in [0.1, 0.15) is 23.2 Å². The normalized spacial score (nSPS) is 18.6. The average Bonchev–Trinajstić information content (AvgIpc) is 2.98. The molecule has 0 saturated carbocycles. The predicted octanol–water partition coefficient (Wildman–Crippen LogP) is 0.884. The van der Waals surface area contributed by atoms with Crippen LogP contribution >= 0.6 is 0 Å². The number of nitrogens with one attached hydrogen (secondary N) is 2. The fraction of sp³-hybridized carbons (Fsp3) is 0.462. The second-order valence-electron chi connectivity index (χ2n) is 4.75. The van der Waals surface area contributed by atoms with E-state index < -0.39 is 16.0 Å². The molecule has 1 aliphatic heterocycles. The lowest BCUT2D eigenvalue weighted by molar-refractivity contribution is 0.0696. The molecular weight excluding hydrogens is 296 g/mol. The van der Waals surface area contributed by atoms with E-state index in [0.29, 0.717) is 12.3 Å². The Labute approximate surface area is 123 Å². The molecular formula is C13H18N2O5S. The van der Waals surface area contributed by atoms with Gasteiger partial charge in [0.2, 0.25) is 10.0 Å². The number of ether oxygens (including phenoxy) is 1. The smallest absolute Gasteiger partial charge is 0.335 e. The summed E-state index contributed by atoms with van der Waals surface area (Å²) in [6.07, 6.45) is 1.61. The fourth-order valence-electron chi connectivity index (χ4n) is 2.17. The van der Waals surface area contributed by atoms with Gasteiger partial charge in [-0.1, -0.05) is 0 Å². The minimum Gasteiger partial charge on any atom is -0.478 e. The van der Waals surface area contributed by atoms with Gasteiger partial charge in [0.05, 0.1) is 17.4 Å². The third-order valence-corrected chi connectivity index (χ3v) is 4.78. The fourth-order valence-corrected chi connectivity index (χ4v) is 3.47. The lowest BCUT2D eigenvalue weighted by atomic mass is 10.2. The van der Waals surface area contributed by atoms with Gasteiger partial charge in [-0.15, -0.1) is 0 Å². The number of carbonyl (C=O) groups is 1. The summed E-state index contributed by atoms with van der Waals surface area (Å²) in [5.74, 6) is -1.17. The molecule has 1 aromatic carbocycles. The maximum atomic E-state index is 12.3. The zero-order valence-corrected chi connectivity index (χ0v) is 12.4. The maximum Gasteiger partial charge on any atom is 0.335 e. The van der Waals surface area contributed by atoms with Crippen LogP contribution in [0, 0.1) is 0 Å². The highest BCUT2D eigenvalue weighted by molar-refractivity contribution is 7.89. The monoisotopic (exact) mass is 314 g/mol. The van der Waals surface area contributed by atoms with Crippen molar-refractivity contribution in [1.82, 2.24) is 4.72 Å². The van der Waals surface area contributed by atoms with Crippen LogP contribution < -0.4 is 10.0 Å². The van der Waals surface area contributed by atoms with Crippen LogP contribution in [0.25, 0.3) is 0 Å². The molecule has 1 saturated heterocycles. The molecule has 8 heteroatoms. The zero-order valence-electron chi connectivity index (χ0n) is 11.6. The van der Waals surface area contributed by atoms with Gasteiger partial charge in [0.1, 0.15) is 4.90 Å². The molecule has 0 unspecified atom stereocenters. The van der Waals surface area contributed by atoms with E-state index in [1.807, 2.05) is 0 Å². The second-order valence-corrected chi connectivity index (χ2v) is 6.49. The molecule has 0 bridgehead atoms. The van der Waals surface area contributed by atoms with E-state index in [9.17, 15) is 13.2 Å². The van der Waals surface area contributed by atoms with Crippen molar-refractivity contribution in [2.45, 2.75) is 23.8 Å². The molecule has 0 aliphatic carbocycles. The summed E-state index contributed by atoms with van der Waals surface area (Å²) in [5, 5.41) is 11.7. The van der Waals surface area contributed by atoms with Gasteiger partial charge in [-0.3, -0.25) is 0 Å². The number of benzene rings is 1. The van der Waals surface area contributed by atoms with Crippen molar-refractivity contribution in [1.29, 1.82) is 0 Å². The summed E-state index contributed by atoms with van der Waals surface area (Å²) in [6, 6.07) is 3.93. The minimum absolute atomic E-state index is 0.0773. The third kappa shape index (κ3) is 3.72. The van der Waals surface area contributed by atoms with E-state index in [1.165, 1.54) is 12.1 Å². The molecule has 1 atom stereocenters. The van der Waals surface area contributed by atoms with Crippen LogP contribution in [0.3, 0.4) is 0 Å². The van der Waals surface area contributed by atoms with Crippen molar-refractivity contribution in [3.8, 4) is 0 Å². The third-order valence-electron chi connectivity index (χ3n) is 3.31. The lowest BCUT2D eigenvalue weighted by Gasteiger charge is -2.14. The van der Waals surface area contributed by atoms with Gasteiger partial charge in [-0.25, -0.2) is 17.9 Å². The summed E-state index contributed by atoms with van der Waals surface area (Å²) in [5.41, 5.74) is 0.270. The van der Waals surface area contributed by atoms with Crippen LogP contribution in [0.2, 0.25) is 0 Å². The molecule has 0 amide bonds. The Bertz CT molecular complexity index is 623. The number of sulfonamides is 1. The molecule has 3 N–H and O–H groups in total. The van der Waals surface area contributed by atoms with Crippen LogP contribution in [0.5, 0.6) is 0 Å². The largest absolute Gasteiger partial charge is 0.478 e. The number of carboxylic acid groups (broad SMARTS) is 1. The van der Waals surface area contributed by atoms with Crippen molar-refractivity contribution in [2.24, 2.45) is 0 Å². The first-order chi connectivity index (χ1) is 9.94. The zero-order chi connectivity index (χ0) is 15.5. The van der Waals surface area contributed by atoms with Crippen molar-refractivity contribution < 1.29 is 23.1 Å². The Kier molecular flexibility index (Phi) is 4.81. The molecule has 2 rings (SSSR count). The Morgan fingerprint density at radius 3 is 2.81 bits per heavy atom. The van der Waals surface area contributed by atoms with E-state index in [-0.39, 0.29) is 23.1 Å². The average molecular weight is 314 g/mol. The van der Waals surface area contributed by atoms with Crippen molar-refractivity contribution in [3.63, 3.8) is 0 Å². The van der Waals surface area contributed by atoms with Gasteiger partial charge < -0.3 is 15.2 Å². The number of aromatic carboxylic acids is 1. The number of hydrogen-bond donors (Lipinski definition) is 3. The van der Waals surface area contributed by atoms with Crippen LogP contribution in [0.4, 0.5) is 5.69 Å². The van der Waals surface area contributed by atoms with E-state index >= 15 is 0 Å².